The molecule has 100 valence electrons. The Hall–Kier alpha value is -1.60. The van der Waals surface area contributed by atoms with Crippen LogP contribution in [0.1, 0.15) is 17.4 Å². The minimum Gasteiger partial charge on any atom is -0.396 e. The first-order valence-electron chi connectivity index (χ1n) is 5.85. The minimum absolute atomic E-state index is 0.0467. The van der Waals surface area contributed by atoms with Gasteiger partial charge in [-0.1, -0.05) is 0 Å². The summed E-state index contributed by atoms with van der Waals surface area (Å²) in [6.45, 7) is 2.57. The number of nitrogens with zero attached hydrogens (tertiary/aromatic N) is 3. The molecule has 0 aromatic carbocycles. The van der Waals surface area contributed by atoms with E-state index in [0.29, 0.717) is 24.5 Å². The average molecular weight is 254 g/mol. The topological polar surface area (TPSA) is 93.6 Å². The van der Waals surface area contributed by atoms with Crippen LogP contribution in [0.5, 0.6) is 0 Å². The number of carbonyl (C=O) groups excluding carboxylic acids is 1. The Balaban J connectivity index is 2.22. The van der Waals surface area contributed by atoms with Crippen molar-refractivity contribution in [3.05, 3.63) is 11.9 Å². The molecular weight excluding hydrogens is 236 g/mol. The lowest BCUT2D eigenvalue weighted by molar-refractivity contribution is -0.0669. The van der Waals surface area contributed by atoms with E-state index in [0.717, 1.165) is 0 Å². The minimum atomic E-state index is -0.334. The number of morpholine rings is 1. The maximum atomic E-state index is 12.4. The second kappa shape index (κ2) is 4.95. The van der Waals surface area contributed by atoms with Gasteiger partial charge < -0.3 is 20.5 Å². The molecular formula is C11H18N4O3. The highest BCUT2D eigenvalue weighted by Crippen LogP contribution is 2.18. The number of ether oxygens (including phenoxy) is 1. The molecule has 1 fully saturated rings. The van der Waals surface area contributed by atoms with Gasteiger partial charge >= 0.3 is 0 Å². The zero-order chi connectivity index (χ0) is 13.3. The fourth-order valence-electron chi connectivity index (χ4n) is 2.06. The number of hydrogen-bond acceptors (Lipinski definition) is 5. The van der Waals surface area contributed by atoms with Crippen LogP contribution in [0.15, 0.2) is 6.20 Å². The third-order valence-corrected chi connectivity index (χ3v) is 3.14. The van der Waals surface area contributed by atoms with Crippen LogP contribution in [0.25, 0.3) is 0 Å². The van der Waals surface area contributed by atoms with Gasteiger partial charge in [-0.05, 0) is 6.92 Å². The van der Waals surface area contributed by atoms with Crippen LogP contribution in [-0.4, -0.2) is 57.6 Å². The highest BCUT2D eigenvalue weighted by atomic mass is 16.5. The number of aromatic nitrogens is 2. The van der Waals surface area contributed by atoms with Crippen LogP contribution in [0.4, 0.5) is 5.69 Å². The van der Waals surface area contributed by atoms with E-state index in [1.54, 1.807) is 11.9 Å². The summed E-state index contributed by atoms with van der Waals surface area (Å²) in [4.78, 5) is 14.1. The van der Waals surface area contributed by atoms with E-state index in [1.807, 2.05) is 6.92 Å². The van der Waals surface area contributed by atoms with Crippen molar-refractivity contribution in [1.29, 1.82) is 0 Å². The number of aliphatic hydroxyl groups is 1. The van der Waals surface area contributed by atoms with E-state index in [4.69, 9.17) is 15.6 Å². The van der Waals surface area contributed by atoms with Gasteiger partial charge in [-0.15, -0.1) is 0 Å². The first-order chi connectivity index (χ1) is 8.54. The van der Waals surface area contributed by atoms with Crippen LogP contribution >= 0.6 is 0 Å². The van der Waals surface area contributed by atoms with Gasteiger partial charge in [0.2, 0.25) is 0 Å². The zero-order valence-electron chi connectivity index (χ0n) is 10.5. The van der Waals surface area contributed by atoms with Crippen LogP contribution in [0.3, 0.4) is 0 Å². The first-order valence-corrected chi connectivity index (χ1v) is 5.85. The fraction of sp³-hybridized carbons (Fsp3) is 0.636. The number of aryl methyl sites for hydroxylation is 1. The zero-order valence-corrected chi connectivity index (χ0v) is 10.5. The van der Waals surface area contributed by atoms with E-state index in [-0.39, 0.29) is 24.7 Å². The normalized spacial score (nSPS) is 24.3. The second-order valence-electron chi connectivity index (χ2n) is 4.52. The molecule has 7 nitrogen and oxygen atoms in total. The molecule has 0 radical (unpaired) electrons. The summed E-state index contributed by atoms with van der Waals surface area (Å²) in [7, 11) is 1.68. The SMILES string of the molecule is CC1COC(CO)CN1C(=O)c1c(N)cnn1C. The molecule has 1 aromatic heterocycles. The van der Waals surface area contributed by atoms with Crippen molar-refractivity contribution in [3.8, 4) is 0 Å². The van der Waals surface area contributed by atoms with Crippen LogP contribution < -0.4 is 5.73 Å². The average Bonchev–Trinajstić information content (AvgIpc) is 2.69. The number of nitrogen functional groups attached to an aromatic ring is 1. The lowest BCUT2D eigenvalue weighted by atomic mass is 10.1. The van der Waals surface area contributed by atoms with Crippen molar-refractivity contribution >= 4 is 11.6 Å². The van der Waals surface area contributed by atoms with Gasteiger partial charge in [0.05, 0.1) is 37.2 Å². The van der Waals surface area contributed by atoms with E-state index in [9.17, 15) is 4.79 Å². The Morgan fingerprint density at radius 3 is 3.00 bits per heavy atom. The molecule has 1 aliphatic heterocycles. The van der Waals surface area contributed by atoms with E-state index in [2.05, 4.69) is 5.10 Å². The third-order valence-electron chi connectivity index (χ3n) is 3.14. The summed E-state index contributed by atoms with van der Waals surface area (Å²) in [5.41, 5.74) is 6.49. The van der Waals surface area contributed by atoms with Gasteiger partial charge in [0.1, 0.15) is 5.69 Å². The van der Waals surface area contributed by atoms with E-state index < -0.39 is 0 Å². The second-order valence-corrected chi connectivity index (χ2v) is 4.52. The molecule has 2 unspecified atom stereocenters. The molecule has 1 saturated heterocycles. The molecule has 1 aliphatic rings. The molecule has 0 spiro atoms. The summed E-state index contributed by atoms with van der Waals surface area (Å²) in [5, 5.41) is 13.1. The number of rotatable bonds is 2. The third kappa shape index (κ3) is 2.19. The fourth-order valence-corrected chi connectivity index (χ4v) is 2.06. The predicted octanol–water partition coefficient (Wildman–Crippen LogP) is -0.776. The van der Waals surface area contributed by atoms with Gasteiger partial charge in [-0.2, -0.15) is 5.10 Å². The quantitative estimate of drug-likeness (QED) is 0.722. The van der Waals surface area contributed by atoms with Crippen molar-refractivity contribution in [2.45, 2.75) is 19.1 Å². The number of aliphatic hydroxyl groups excluding tert-OH is 1. The van der Waals surface area contributed by atoms with Crippen molar-refractivity contribution < 1.29 is 14.6 Å². The molecule has 7 heteroatoms. The summed E-state index contributed by atoms with van der Waals surface area (Å²) >= 11 is 0. The van der Waals surface area contributed by atoms with Crippen molar-refractivity contribution in [2.24, 2.45) is 7.05 Å². The van der Waals surface area contributed by atoms with Gasteiger partial charge in [0, 0.05) is 13.6 Å². The van der Waals surface area contributed by atoms with Gasteiger partial charge in [0.25, 0.3) is 5.91 Å². The lowest BCUT2D eigenvalue weighted by Crippen LogP contribution is -2.52. The lowest BCUT2D eigenvalue weighted by Gasteiger charge is -2.37. The van der Waals surface area contributed by atoms with Crippen molar-refractivity contribution in [3.63, 3.8) is 0 Å². The summed E-state index contributed by atoms with van der Waals surface area (Å²) in [6.07, 6.45) is 1.13. The van der Waals surface area contributed by atoms with Crippen LogP contribution in [0, 0.1) is 0 Å². The smallest absolute Gasteiger partial charge is 0.274 e. The Bertz CT molecular complexity index is 426. The molecule has 0 saturated carbocycles. The molecule has 18 heavy (non-hydrogen) atoms. The Morgan fingerprint density at radius 1 is 1.72 bits per heavy atom. The maximum Gasteiger partial charge on any atom is 0.274 e. The van der Waals surface area contributed by atoms with E-state index in [1.165, 1.54) is 10.9 Å². The summed E-state index contributed by atoms with van der Waals surface area (Å²) in [6, 6.07) is -0.0467. The molecule has 3 N–H and O–H groups in total. The standard InChI is InChI=1S/C11H18N4O3/c1-7-6-18-8(5-16)4-15(7)11(17)10-9(12)3-13-14(10)2/h3,7-8,16H,4-6,12H2,1-2H3. The molecule has 1 aromatic rings. The monoisotopic (exact) mass is 254 g/mol. The largest absolute Gasteiger partial charge is 0.396 e. The Kier molecular flexibility index (Phi) is 3.53. The number of anilines is 1. The van der Waals surface area contributed by atoms with Gasteiger partial charge in [0.15, 0.2) is 0 Å². The predicted molar refractivity (Wildman–Crippen MR) is 64.9 cm³/mol. The Morgan fingerprint density at radius 2 is 2.44 bits per heavy atom. The number of carbonyl (C=O) groups is 1. The molecule has 0 aliphatic carbocycles. The maximum absolute atomic E-state index is 12.4. The highest BCUT2D eigenvalue weighted by molar-refractivity contribution is 5.97. The highest BCUT2D eigenvalue weighted by Gasteiger charge is 2.32. The molecule has 2 atom stereocenters. The molecule has 1 amide bonds. The van der Waals surface area contributed by atoms with E-state index >= 15 is 0 Å². The van der Waals surface area contributed by atoms with Crippen molar-refractivity contribution in [1.82, 2.24) is 14.7 Å². The molecule has 0 bridgehead atoms. The molecule has 2 heterocycles. The van der Waals surface area contributed by atoms with Gasteiger partial charge in [-0.25, -0.2) is 0 Å². The Labute approximate surface area is 105 Å². The molecule has 2 rings (SSSR count). The first kappa shape index (κ1) is 12.8. The van der Waals surface area contributed by atoms with Crippen LogP contribution in [-0.2, 0) is 11.8 Å². The van der Waals surface area contributed by atoms with Crippen LogP contribution in [0.2, 0.25) is 0 Å². The number of amides is 1. The number of hydrogen-bond donors (Lipinski definition) is 2. The summed E-state index contributed by atoms with van der Waals surface area (Å²) < 4.78 is 6.87. The van der Waals surface area contributed by atoms with Crippen molar-refractivity contribution in [2.75, 3.05) is 25.5 Å². The number of nitrogens with two attached hydrogens (primary N) is 1. The summed E-state index contributed by atoms with van der Waals surface area (Å²) in [5.74, 6) is -0.179. The van der Waals surface area contributed by atoms with Gasteiger partial charge in [-0.3, -0.25) is 9.48 Å².